The number of hydrogen-bond acceptors (Lipinski definition) is 2. The van der Waals surface area contributed by atoms with Crippen molar-refractivity contribution in [1.82, 2.24) is 4.90 Å². The summed E-state index contributed by atoms with van der Waals surface area (Å²) in [5.74, 6) is 0.0189. The fourth-order valence-corrected chi connectivity index (χ4v) is 1.87. The van der Waals surface area contributed by atoms with Crippen LogP contribution in [0.15, 0.2) is 42.5 Å². The van der Waals surface area contributed by atoms with Gasteiger partial charge >= 0.3 is 0 Å². The summed E-state index contributed by atoms with van der Waals surface area (Å²) in [4.78, 5) is 15.9. The van der Waals surface area contributed by atoms with Gasteiger partial charge in [0.2, 0.25) is 5.91 Å². The minimum Gasteiger partial charge on any atom is -0.312 e. The molecule has 1 fully saturated rings. The van der Waals surface area contributed by atoms with Gasteiger partial charge in [0.15, 0.2) is 0 Å². The topological polar surface area (TPSA) is 23.6 Å². The highest BCUT2D eigenvalue weighted by atomic mass is 16.2. The number of carbonyl (C=O) groups is 1. The fourth-order valence-electron chi connectivity index (χ4n) is 1.87. The van der Waals surface area contributed by atoms with Crippen molar-refractivity contribution in [2.24, 2.45) is 0 Å². The van der Waals surface area contributed by atoms with E-state index in [0.717, 1.165) is 18.3 Å². The Labute approximate surface area is 109 Å². The normalized spacial score (nSPS) is 15.3. The number of amides is 1. The molecule has 0 heterocycles. The van der Waals surface area contributed by atoms with Crippen molar-refractivity contribution in [3.63, 3.8) is 0 Å². The van der Waals surface area contributed by atoms with E-state index < -0.39 is 0 Å². The van der Waals surface area contributed by atoms with Crippen molar-refractivity contribution in [2.45, 2.75) is 18.9 Å². The molecule has 18 heavy (non-hydrogen) atoms. The molecule has 1 aromatic carbocycles. The molecule has 0 aromatic heterocycles. The molecule has 0 bridgehead atoms. The molecule has 0 N–H and O–H groups in total. The molecular weight excluding hydrogens is 224 g/mol. The predicted octanol–water partition coefficient (Wildman–Crippen LogP) is 2.30. The minimum atomic E-state index is 0.0189. The third-order valence-corrected chi connectivity index (χ3v) is 3.30. The Balaban J connectivity index is 1.85. The summed E-state index contributed by atoms with van der Waals surface area (Å²) in [5.41, 5.74) is 0.919. The summed E-state index contributed by atoms with van der Waals surface area (Å²) in [6.07, 6.45) is 6.19. The van der Waals surface area contributed by atoms with Crippen molar-refractivity contribution in [1.29, 1.82) is 0 Å². The van der Waals surface area contributed by atoms with Crippen molar-refractivity contribution < 1.29 is 4.79 Å². The first-order chi connectivity index (χ1) is 8.68. The Bertz CT molecular complexity index is 423. The van der Waals surface area contributed by atoms with Gasteiger partial charge in [-0.2, -0.15) is 0 Å². The Hall–Kier alpha value is -1.61. The quantitative estimate of drug-likeness (QED) is 0.742. The molecule has 0 unspecified atom stereocenters. The van der Waals surface area contributed by atoms with E-state index in [1.54, 1.807) is 18.0 Å². The lowest BCUT2D eigenvalue weighted by Gasteiger charge is -2.15. The SMILES string of the molecule is CN(C(=O)/C=C/CN(C)C1CC1)c1ccccc1. The summed E-state index contributed by atoms with van der Waals surface area (Å²) in [5, 5.41) is 0. The highest BCUT2D eigenvalue weighted by Gasteiger charge is 2.24. The minimum absolute atomic E-state index is 0.0189. The molecule has 1 aliphatic carbocycles. The standard InChI is InChI=1S/C15H20N2O/c1-16(13-10-11-13)12-6-9-15(18)17(2)14-7-4-3-5-8-14/h3-9,13H,10-12H2,1-2H3/b9-6+. The second kappa shape index (κ2) is 5.83. The molecular formula is C15H20N2O. The molecule has 0 aliphatic heterocycles. The first kappa shape index (κ1) is 12.8. The predicted molar refractivity (Wildman–Crippen MR) is 74.6 cm³/mol. The molecule has 0 radical (unpaired) electrons. The average Bonchev–Trinajstić information content (AvgIpc) is 3.23. The van der Waals surface area contributed by atoms with E-state index in [1.807, 2.05) is 36.4 Å². The van der Waals surface area contributed by atoms with Crippen LogP contribution in [0.1, 0.15) is 12.8 Å². The summed E-state index contributed by atoms with van der Waals surface area (Å²) in [7, 11) is 3.90. The maximum atomic E-state index is 11.9. The number of hydrogen-bond donors (Lipinski definition) is 0. The van der Waals surface area contributed by atoms with Crippen LogP contribution in [0.4, 0.5) is 5.69 Å². The Morgan fingerprint density at radius 3 is 2.56 bits per heavy atom. The van der Waals surface area contributed by atoms with Crippen LogP contribution in [0.5, 0.6) is 0 Å². The van der Waals surface area contributed by atoms with E-state index in [1.165, 1.54) is 12.8 Å². The molecule has 1 aliphatic rings. The van der Waals surface area contributed by atoms with E-state index in [0.29, 0.717) is 0 Å². The lowest BCUT2D eigenvalue weighted by atomic mass is 10.3. The first-order valence-electron chi connectivity index (χ1n) is 6.38. The summed E-state index contributed by atoms with van der Waals surface area (Å²) in [6.45, 7) is 0.846. The lowest BCUT2D eigenvalue weighted by Crippen LogP contribution is -2.25. The molecule has 3 nitrogen and oxygen atoms in total. The van der Waals surface area contributed by atoms with Gasteiger partial charge in [0.05, 0.1) is 0 Å². The van der Waals surface area contributed by atoms with Gasteiger partial charge in [-0.1, -0.05) is 24.3 Å². The smallest absolute Gasteiger partial charge is 0.250 e. The highest BCUT2D eigenvalue weighted by molar-refractivity contribution is 6.00. The van der Waals surface area contributed by atoms with E-state index in [-0.39, 0.29) is 5.91 Å². The van der Waals surface area contributed by atoms with Crippen molar-refractivity contribution in [3.8, 4) is 0 Å². The summed E-state index contributed by atoms with van der Waals surface area (Å²) in [6, 6.07) is 10.4. The zero-order chi connectivity index (χ0) is 13.0. The van der Waals surface area contributed by atoms with Crippen LogP contribution in [0.2, 0.25) is 0 Å². The van der Waals surface area contributed by atoms with Crippen LogP contribution < -0.4 is 4.90 Å². The Morgan fingerprint density at radius 2 is 1.94 bits per heavy atom. The zero-order valence-corrected chi connectivity index (χ0v) is 11.0. The third kappa shape index (κ3) is 3.44. The van der Waals surface area contributed by atoms with Gasteiger partial charge in [-0.05, 0) is 32.0 Å². The molecule has 2 rings (SSSR count). The summed E-state index contributed by atoms with van der Waals surface area (Å²) < 4.78 is 0. The molecule has 3 heteroatoms. The summed E-state index contributed by atoms with van der Waals surface area (Å²) >= 11 is 0. The van der Waals surface area contributed by atoms with Crippen LogP contribution >= 0.6 is 0 Å². The van der Waals surface area contributed by atoms with Gasteiger partial charge in [0, 0.05) is 31.4 Å². The number of para-hydroxylation sites is 1. The van der Waals surface area contributed by atoms with Crippen LogP contribution in [-0.2, 0) is 4.79 Å². The van der Waals surface area contributed by atoms with Gasteiger partial charge in [-0.3, -0.25) is 9.69 Å². The van der Waals surface area contributed by atoms with Crippen LogP contribution in [0.3, 0.4) is 0 Å². The molecule has 1 aromatic rings. The second-order valence-electron chi connectivity index (χ2n) is 4.81. The van der Waals surface area contributed by atoms with E-state index >= 15 is 0 Å². The maximum Gasteiger partial charge on any atom is 0.250 e. The van der Waals surface area contributed by atoms with Crippen LogP contribution in [-0.4, -0.2) is 37.5 Å². The number of anilines is 1. The van der Waals surface area contributed by atoms with E-state index in [2.05, 4.69) is 11.9 Å². The molecule has 96 valence electrons. The van der Waals surface area contributed by atoms with Gasteiger partial charge in [0.1, 0.15) is 0 Å². The fraction of sp³-hybridized carbons (Fsp3) is 0.400. The third-order valence-electron chi connectivity index (χ3n) is 3.30. The molecule has 1 amide bonds. The molecule has 0 spiro atoms. The average molecular weight is 244 g/mol. The van der Waals surface area contributed by atoms with Gasteiger partial charge < -0.3 is 4.90 Å². The number of carbonyl (C=O) groups excluding carboxylic acids is 1. The maximum absolute atomic E-state index is 11.9. The number of likely N-dealkylation sites (N-methyl/N-ethyl adjacent to an activating group) is 2. The number of rotatable bonds is 5. The Kier molecular flexibility index (Phi) is 4.15. The second-order valence-corrected chi connectivity index (χ2v) is 4.81. The van der Waals surface area contributed by atoms with Crippen LogP contribution in [0.25, 0.3) is 0 Å². The monoisotopic (exact) mass is 244 g/mol. The largest absolute Gasteiger partial charge is 0.312 e. The van der Waals surface area contributed by atoms with E-state index in [4.69, 9.17) is 0 Å². The van der Waals surface area contributed by atoms with Gasteiger partial charge in [0.25, 0.3) is 0 Å². The van der Waals surface area contributed by atoms with Crippen LogP contribution in [0, 0.1) is 0 Å². The Morgan fingerprint density at radius 1 is 1.28 bits per heavy atom. The zero-order valence-electron chi connectivity index (χ0n) is 11.0. The van der Waals surface area contributed by atoms with Crippen molar-refractivity contribution >= 4 is 11.6 Å². The van der Waals surface area contributed by atoms with Gasteiger partial charge in [-0.25, -0.2) is 0 Å². The lowest BCUT2D eigenvalue weighted by molar-refractivity contribution is -0.113. The van der Waals surface area contributed by atoms with Crippen molar-refractivity contribution in [3.05, 3.63) is 42.5 Å². The number of benzene rings is 1. The number of nitrogens with zero attached hydrogens (tertiary/aromatic N) is 2. The molecule has 0 atom stereocenters. The van der Waals surface area contributed by atoms with Crippen molar-refractivity contribution in [2.75, 3.05) is 25.5 Å². The first-order valence-corrected chi connectivity index (χ1v) is 6.38. The molecule has 0 saturated heterocycles. The van der Waals surface area contributed by atoms with Gasteiger partial charge in [-0.15, -0.1) is 0 Å². The molecule has 1 saturated carbocycles. The highest BCUT2D eigenvalue weighted by Crippen LogP contribution is 2.24. The van der Waals surface area contributed by atoms with E-state index in [9.17, 15) is 4.79 Å².